The maximum atomic E-state index is 13.2. The molecule has 2 aromatic rings. The van der Waals surface area contributed by atoms with Gasteiger partial charge in [0.25, 0.3) is 5.91 Å². The summed E-state index contributed by atoms with van der Waals surface area (Å²) < 4.78 is 22.4. The van der Waals surface area contributed by atoms with Gasteiger partial charge in [0.15, 0.2) is 11.5 Å². The highest BCUT2D eigenvalue weighted by molar-refractivity contribution is 5.82. The molecule has 1 amide bonds. The molecule has 6 nitrogen and oxygen atoms in total. The summed E-state index contributed by atoms with van der Waals surface area (Å²) in [5, 5.41) is 0. The molecule has 0 aromatic heterocycles. The normalized spacial score (nSPS) is 17.9. The quantitative estimate of drug-likeness (QED) is 0.783. The summed E-state index contributed by atoms with van der Waals surface area (Å²) in [6.45, 7) is 0.666. The van der Waals surface area contributed by atoms with Gasteiger partial charge in [0.2, 0.25) is 6.10 Å². The molecule has 2 aromatic carbocycles. The summed E-state index contributed by atoms with van der Waals surface area (Å²) in [6.07, 6.45) is 1.36. The van der Waals surface area contributed by atoms with Crippen molar-refractivity contribution in [2.75, 3.05) is 20.8 Å². The van der Waals surface area contributed by atoms with E-state index in [4.69, 9.17) is 18.9 Å². The molecule has 2 aliphatic rings. The van der Waals surface area contributed by atoms with Gasteiger partial charge in [-0.3, -0.25) is 4.79 Å². The molecule has 27 heavy (non-hydrogen) atoms. The number of hydrogen-bond acceptors (Lipinski definition) is 5. The third-order valence-corrected chi connectivity index (χ3v) is 4.88. The van der Waals surface area contributed by atoms with Gasteiger partial charge >= 0.3 is 0 Å². The molecule has 1 saturated carbocycles. The topological polar surface area (TPSA) is 57.2 Å². The largest absolute Gasteiger partial charge is 0.497 e. The number of ether oxygens (including phenoxy) is 4. The molecule has 0 N–H and O–H groups in total. The lowest BCUT2D eigenvalue weighted by Gasteiger charge is -2.31. The summed E-state index contributed by atoms with van der Waals surface area (Å²) in [4.78, 5) is 15.1. The zero-order valence-corrected chi connectivity index (χ0v) is 15.5. The molecule has 0 unspecified atom stereocenters. The number of carbonyl (C=O) groups is 1. The van der Waals surface area contributed by atoms with Gasteiger partial charge in [0.05, 0.1) is 14.2 Å². The highest BCUT2D eigenvalue weighted by atomic mass is 16.6. The average Bonchev–Trinajstić information content (AvgIpc) is 3.56. The monoisotopic (exact) mass is 369 g/mol. The highest BCUT2D eigenvalue weighted by Crippen LogP contribution is 2.35. The first-order valence-corrected chi connectivity index (χ1v) is 9.09. The Morgan fingerprint density at radius 2 is 1.89 bits per heavy atom. The third-order valence-electron chi connectivity index (χ3n) is 4.88. The number of rotatable bonds is 6. The molecule has 1 aliphatic heterocycles. The number of carbonyl (C=O) groups excluding carboxylic acids is 1. The SMILES string of the molecule is COc1ccc(OC)c(CN(C(=O)[C@H]2COc3ccccc3O2)C2CC2)c1. The van der Waals surface area contributed by atoms with Crippen molar-refractivity contribution in [2.24, 2.45) is 0 Å². The van der Waals surface area contributed by atoms with E-state index in [1.54, 1.807) is 14.2 Å². The van der Waals surface area contributed by atoms with E-state index in [0.717, 1.165) is 29.9 Å². The lowest BCUT2D eigenvalue weighted by atomic mass is 10.1. The molecule has 142 valence electrons. The first-order valence-electron chi connectivity index (χ1n) is 9.09. The first kappa shape index (κ1) is 17.5. The van der Waals surface area contributed by atoms with Crippen molar-refractivity contribution in [3.05, 3.63) is 48.0 Å². The first-order chi connectivity index (χ1) is 13.2. The van der Waals surface area contributed by atoms with Crippen LogP contribution in [0.1, 0.15) is 18.4 Å². The van der Waals surface area contributed by atoms with Gasteiger partial charge in [-0.25, -0.2) is 0 Å². The predicted octanol–water partition coefficient (Wildman–Crippen LogP) is 3.03. The number of amides is 1. The van der Waals surface area contributed by atoms with Crippen LogP contribution < -0.4 is 18.9 Å². The van der Waals surface area contributed by atoms with E-state index in [2.05, 4.69) is 0 Å². The second-order valence-corrected chi connectivity index (χ2v) is 6.74. The summed E-state index contributed by atoms with van der Waals surface area (Å²) in [7, 11) is 3.25. The Labute approximate surface area is 158 Å². The summed E-state index contributed by atoms with van der Waals surface area (Å²) >= 11 is 0. The number of benzene rings is 2. The molecule has 0 saturated heterocycles. The van der Waals surface area contributed by atoms with Crippen LogP contribution in [0, 0.1) is 0 Å². The van der Waals surface area contributed by atoms with Gasteiger partial charge in [0.1, 0.15) is 18.1 Å². The molecule has 4 rings (SSSR count). The van der Waals surface area contributed by atoms with Crippen LogP contribution in [0.4, 0.5) is 0 Å². The zero-order chi connectivity index (χ0) is 18.8. The van der Waals surface area contributed by atoms with E-state index in [0.29, 0.717) is 18.0 Å². The van der Waals surface area contributed by atoms with Crippen LogP contribution in [0.5, 0.6) is 23.0 Å². The maximum Gasteiger partial charge on any atom is 0.267 e. The number of fused-ring (bicyclic) bond motifs is 1. The number of para-hydroxylation sites is 2. The second-order valence-electron chi connectivity index (χ2n) is 6.74. The lowest BCUT2D eigenvalue weighted by Crippen LogP contribution is -2.47. The molecule has 0 radical (unpaired) electrons. The van der Waals surface area contributed by atoms with E-state index < -0.39 is 6.10 Å². The van der Waals surface area contributed by atoms with E-state index in [1.165, 1.54) is 0 Å². The molecule has 1 aliphatic carbocycles. The van der Waals surface area contributed by atoms with Gasteiger partial charge in [-0.1, -0.05) is 12.1 Å². The smallest absolute Gasteiger partial charge is 0.267 e. The number of methoxy groups -OCH3 is 2. The average molecular weight is 369 g/mol. The van der Waals surface area contributed by atoms with E-state index in [1.807, 2.05) is 47.4 Å². The van der Waals surface area contributed by atoms with Crippen LogP contribution in [0.25, 0.3) is 0 Å². The van der Waals surface area contributed by atoms with Gasteiger partial charge in [-0.2, -0.15) is 0 Å². The second kappa shape index (κ2) is 7.39. The Morgan fingerprint density at radius 1 is 1.11 bits per heavy atom. The Kier molecular flexibility index (Phi) is 4.79. The van der Waals surface area contributed by atoms with E-state index >= 15 is 0 Å². The molecule has 0 spiro atoms. The summed E-state index contributed by atoms with van der Waals surface area (Å²) in [5.41, 5.74) is 0.911. The molecule has 0 bridgehead atoms. The van der Waals surface area contributed by atoms with Gasteiger partial charge in [0, 0.05) is 18.2 Å². The lowest BCUT2D eigenvalue weighted by molar-refractivity contribution is -0.142. The fourth-order valence-corrected chi connectivity index (χ4v) is 3.29. The highest BCUT2D eigenvalue weighted by Gasteiger charge is 2.39. The molecule has 1 atom stereocenters. The van der Waals surface area contributed by atoms with Crippen molar-refractivity contribution < 1.29 is 23.7 Å². The summed E-state index contributed by atoms with van der Waals surface area (Å²) in [6, 6.07) is 13.3. The molecule has 1 fully saturated rings. The zero-order valence-electron chi connectivity index (χ0n) is 15.5. The Morgan fingerprint density at radius 3 is 2.59 bits per heavy atom. The van der Waals surface area contributed by atoms with Crippen molar-refractivity contribution in [3.63, 3.8) is 0 Å². The minimum absolute atomic E-state index is 0.0584. The van der Waals surface area contributed by atoms with Crippen LogP contribution in [0.15, 0.2) is 42.5 Å². The molecular formula is C21H23NO5. The van der Waals surface area contributed by atoms with Crippen molar-refractivity contribution in [3.8, 4) is 23.0 Å². The van der Waals surface area contributed by atoms with Crippen molar-refractivity contribution >= 4 is 5.91 Å². The Hall–Kier alpha value is -2.89. The molecule has 1 heterocycles. The van der Waals surface area contributed by atoms with Gasteiger partial charge < -0.3 is 23.8 Å². The fraction of sp³-hybridized carbons (Fsp3) is 0.381. The van der Waals surface area contributed by atoms with E-state index in [-0.39, 0.29) is 18.6 Å². The van der Waals surface area contributed by atoms with E-state index in [9.17, 15) is 4.79 Å². The van der Waals surface area contributed by atoms with Crippen LogP contribution in [0.2, 0.25) is 0 Å². The van der Waals surface area contributed by atoms with Crippen molar-refractivity contribution in [2.45, 2.75) is 31.5 Å². The molecule has 6 heteroatoms. The fourth-order valence-electron chi connectivity index (χ4n) is 3.29. The number of hydrogen-bond donors (Lipinski definition) is 0. The van der Waals surface area contributed by atoms with Crippen LogP contribution in [-0.2, 0) is 11.3 Å². The predicted molar refractivity (Wildman–Crippen MR) is 99.5 cm³/mol. The Bertz CT molecular complexity index is 833. The Balaban J connectivity index is 1.54. The van der Waals surface area contributed by atoms with Crippen LogP contribution in [0.3, 0.4) is 0 Å². The van der Waals surface area contributed by atoms with Crippen molar-refractivity contribution in [1.29, 1.82) is 0 Å². The van der Waals surface area contributed by atoms with Gasteiger partial charge in [-0.05, 0) is 43.2 Å². The van der Waals surface area contributed by atoms with Crippen molar-refractivity contribution in [1.82, 2.24) is 4.90 Å². The van der Waals surface area contributed by atoms with Crippen LogP contribution in [-0.4, -0.2) is 43.8 Å². The van der Waals surface area contributed by atoms with Crippen LogP contribution >= 0.6 is 0 Å². The molecular weight excluding hydrogens is 346 g/mol. The minimum Gasteiger partial charge on any atom is -0.497 e. The minimum atomic E-state index is -0.642. The third kappa shape index (κ3) is 3.65. The standard InChI is InChI=1S/C21H23NO5/c1-24-16-9-10-17(25-2)14(11-16)12-22(15-7-8-15)21(23)20-13-26-18-5-3-4-6-19(18)27-20/h3-6,9-11,15,20H,7-8,12-13H2,1-2H3/t20-/m1/s1. The number of nitrogens with zero attached hydrogens (tertiary/aromatic N) is 1. The maximum absolute atomic E-state index is 13.2. The summed E-state index contributed by atoms with van der Waals surface area (Å²) in [5.74, 6) is 2.70. The van der Waals surface area contributed by atoms with Gasteiger partial charge in [-0.15, -0.1) is 0 Å².